The molecule has 54 heavy (non-hydrogen) atoms. The normalized spacial score (nSPS) is 20.5. The summed E-state index contributed by atoms with van der Waals surface area (Å²) in [5, 5.41) is 10.9. The molecule has 2 atom stereocenters. The van der Waals surface area contributed by atoms with Gasteiger partial charge in [0, 0.05) is 63.5 Å². The van der Waals surface area contributed by atoms with Crippen molar-refractivity contribution in [3.8, 4) is 11.4 Å². The van der Waals surface area contributed by atoms with Gasteiger partial charge in [0.2, 0.25) is 17.7 Å². The summed E-state index contributed by atoms with van der Waals surface area (Å²) in [7, 11) is 0. The van der Waals surface area contributed by atoms with E-state index in [4.69, 9.17) is 10.1 Å². The zero-order valence-corrected chi connectivity index (χ0v) is 29.8. The van der Waals surface area contributed by atoms with Crippen LogP contribution >= 0.6 is 0 Å². The Bertz CT molecular complexity index is 2250. The van der Waals surface area contributed by atoms with Crippen LogP contribution in [0.2, 0.25) is 0 Å². The number of fused-ring (bicyclic) bond motifs is 2. The Hall–Kier alpha value is -5.89. The van der Waals surface area contributed by atoms with E-state index in [-0.39, 0.29) is 36.5 Å². The van der Waals surface area contributed by atoms with Crippen LogP contribution in [-0.2, 0) is 20.8 Å². The fraction of sp³-hybridized carbons (Fsp3) is 0.350. The molecule has 13 nitrogen and oxygen atoms in total. The van der Waals surface area contributed by atoms with Gasteiger partial charge >= 0.3 is 0 Å². The van der Waals surface area contributed by atoms with Crippen LogP contribution in [0.5, 0.6) is 0 Å². The van der Waals surface area contributed by atoms with Crippen molar-refractivity contribution >= 4 is 46.4 Å². The highest BCUT2D eigenvalue weighted by Gasteiger charge is 2.40. The monoisotopic (exact) mass is 728 g/mol. The fourth-order valence-corrected chi connectivity index (χ4v) is 8.38. The Labute approximate surface area is 311 Å². The average Bonchev–Trinajstić information content (AvgIpc) is 3.93. The summed E-state index contributed by atoms with van der Waals surface area (Å²) in [6, 6.07) is 22.1. The topological polar surface area (TPSA) is 131 Å². The molecule has 4 aliphatic heterocycles. The van der Waals surface area contributed by atoms with Crippen molar-refractivity contribution in [2.75, 3.05) is 65.8 Å². The third-order valence-electron chi connectivity index (χ3n) is 11.1. The minimum Gasteiger partial charge on any atom is -0.383 e. The second kappa shape index (κ2) is 14.2. The molecule has 0 spiro atoms. The van der Waals surface area contributed by atoms with Crippen molar-refractivity contribution in [2.24, 2.45) is 0 Å². The maximum Gasteiger partial charge on any atom is 0.249 e. The Morgan fingerprint density at radius 3 is 2.57 bits per heavy atom. The van der Waals surface area contributed by atoms with Crippen LogP contribution in [0.3, 0.4) is 0 Å². The lowest BCUT2D eigenvalue weighted by Crippen LogP contribution is -2.53. The third kappa shape index (κ3) is 6.40. The van der Waals surface area contributed by atoms with Crippen molar-refractivity contribution in [3.63, 3.8) is 0 Å². The largest absolute Gasteiger partial charge is 0.383 e. The first-order valence-corrected chi connectivity index (χ1v) is 18.7. The Morgan fingerprint density at radius 1 is 0.870 bits per heavy atom. The van der Waals surface area contributed by atoms with E-state index in [1.807, 2.05) is 65.3 Å². The summed E-state index contributed by atoms with van der Waals surface area (Å²) in [5.41, 5.74) is 5.84. The molecule has 2 aromatic carbocycles. The number of imidazole rings is 1. The summed E-state index contributed by atoms with van der Waals surface area (Å²) in [6.45, 7) is 5.82. The van der Waals surface area contributed by atoms with E-state index >= 15 is 0 Å². The van der Waals surface area contributed by atoms with Crippen LogP contribution in [0.4, 0.5) is 27.4 Å². The van der Waals surface area contributed by atoms with Crippen LogP contribution in [0.15, 0.2) is 79.0 Å². The molecule has 0 aliphatic carbocycles. The summed E-state index contributed by atoms with van der Waals surface area (Å²) in [6.07, 6.45) is 4.55. The Kier molecular flexibility index (Phi) is 8.89. The third-order valence-corrected chi connectivity index (χ3v) is 11.1. The van der Waals surface area contributed by atoms with E-state index in [9.17, 15) is 18.8 Å². The first-order valence-electron chi connectivity index (χ1n) is 18.7. The van der Waals surface area contributed by atoms with Crippen molar-refractivity contribution < 1.29 is 18.8 Å². The van der Waals surface area contributed by atoms with E-state index in [1.54, 1.807) is 17.0 Å². The van der Waals surface area contributed by atoms with Crippen molar-refractivity contribution in [3.05, 3.63) is 95.9 Å². The molecule has 2 N–H and O–H groups in total. The summed E-state index contributed by atoms with van der Waals surface area (Å²) < 4.78 is 15.9. The van der Waals surface area contributed by atoms with E-state index in [1.165, 1.54) is 6.07 Å². The van der Waals surface area contributed by atoms with Crippen LogP contribution in [0.25, 0.3) is 17.0 Å². The highest BCUT2D eigenvalue weighted by atomic mass is 19.1. The van der Waals surface area contributed by atoms with Gasteiger partial charge in [0.1, 0.15) is 29.2 Å². The first kappa shape index (κ1) is 33.9. The van der Waals surface area contributed by atoms with Gasteiger partial charge in [-0.15, -0.1) is 5.10 Å². The smallest absolute Gasteiger partial charge is 0.249 e. The second-order valence-corrected chi connectivity index (χ2v) is 14.4. The standard InChI is InChI=1S/C40H41FN10O3/c41-27-6-1-5-26(23-27)31-10-4-17-49(31)37-14-13-35-43-25-34(51(35)46-37)30-8-3-11-36(44-30)48-21-19-47(20-22-48)18-16-42-29-7-2-9-32-28(29)24-39(53)50(32)33-12-15-38(52)45-40(33)54/h1-3,5-9,11,13-14,23,25,31,33,42H,4,10,12,15-22,24H2,(H,45,52,54). The maximum absolute atomic E-state index is 14.1. The molecule has 3 amide bonds. The lowest BCUT2D eigenvalue weighted by molar-refractivity contribution is -0.135. The van der Waals surface area contributed by atoms with E-state index in [2.05, 4.69) is 30.3 Å². The number of rotatable bonds is 9. The Balaban J connectivity index is 0.830. The molecule has 4 aliphatic rings. The number of hydrogen-bond donors (Lipinski definition) is 2. The average molecular weight is 729 g/mol. The predicted octanol–water partition coefficient (Wildman–Crippen LogP) is 4.20. The number of benzene rings is 2. The molecule has 2 unspecified atom stereocenters. The van der Waals surface area contributed by atoms with Crippen molar-refractivity contribution in [1.82, 2.24) is 29.8 Å². The van der Waals surface area contributed by atoms with Gasteiger partial charge in [-0.1, -0.05) is 24.3 Å². The number of halogens is 1. The molecule has 3 saturated heterocycles. The number of amides is 3. The molecule has 3 aromatic heterocycles. The van der Waals surface area contributed by atoms with E-state index in [0.29, 0.717) is 13.0 Å². The van der Waals surface area contributed by atoms with Crippen molar-refractivity contribution in [2.45, 2.75) is 44.2 Å². The lowest BCUT2D eigenvalue weighted by Gasteiger charge is -2.35. The number of hydrogen-bond acceptors (Lipinski definition) is 10. The Morgan fingerprint density at radius 2 is 1.72 bits per heavy atom. The van der Waals surface area contributed by atoms with Gasteiger partial charge in [0.25, 0.3) is 0 Å². The van der Waals surface area contributed by atoms with Gasteiger partial charge < -0.3 is 15.1 Å². The number of anilines is 4. The van der Waals surface area contributed by atoms with Gasteiger partial charge in [-0.3, -0.25) is 29.5 Å². The van der Waals surface area contributed by atoms with Crippen LogP contribution in [-0.4, -0.2) is 94.1 Å². The van der Waals surface area contributed by atoms with Crippen molar-refractivity contribution in [1.29, 1.82) is 0 Å². The van der Waals surface area contributed by atoms with Crippen LogP contribution in [0.1, 0.15) is 42.9 Å². The zero-order chi connectivity index (χ0) is 36.8. The SMILES string of the molecule is O=C1CCC(N2C(=O)Cc3c(NCCN4CCN(c5cccc(-c6cnc7ccc(N8CCCC8c8cccc(F)c8)nn67)n5)CC4)cccc32)C(=O)N1. The number of piperazine rings is 1. The first-order chi connectivity index (χ1) is 26.4. The number of carbonyl (C=O) groups excluding carboxylic acids is 3. The van der Waals surface area contributed by atoms with Gasteiger partial charge in [0.15, 0.2) is 5.65 Å². The molecular formula is C40H41FN10O3. The minimum atomic E-state index is -0.663. The van der Waals surface area contributed by atoms with Gasteiger partial charge in [-0.2, -0.15) is 0 Å². The number of piperidine rings is 1. The quantitative estimate of drug-likeness (QED) is 0.213. The molecule has 5 aromatic rings. The van der Waals surface area contributed by atoms with Gasteiger partial charge in [-0.25, -0.2) is 18.9 Å². The molecule has 0 radical (unpaired) electrons. The maximum atomic E-state index is 14.1. The zero-order valence-electron chi connectivity index (χ0n) is 29.8. The van der Waals surface area contributed by atoms with E-state index < -0.39 is 11.9 Å². The molecule has 9 rings (SSSR count). The number of carbonyl (C=O) groups is 3. The number of aromatic nitrogens is 4. The number of imide groups is 1. The fourth-order valence-electron chi connectivity index (χ4n) is 8.38. The van der Waals surface area contributed by atoms with Gasteiger partial charge in [0.05, 0.1) is 30.0 Å². The number of pyridine rings is 1. The molecule has 7 heterocycles. The molecule has 276 valence electrons. The summed E-state index contributed by atoms with van der Waals surface area (Å²) in [4.78, 5) is 55.5. The molecule has 0 bridgehead atoms. The molecule has 3 fully saturated rings. The van der Waals surface area contributed by atoms with Gasteiger partial charge in [-0.05, 0) is 73.4 Å². The highest BCUT2D eigenvalue weighted by molar-refractivity contribution is 6.11. The molecule has 14 heteroatoms. The summed E-state index contributed by atoms with van der Waals surface area (Å²) >= 11 is 0. The number of nitrogens with zero attached hydrogens (tertiary/aromatic N) is 8. The highest BCUT2D eigenvalue weighted by Crippen LogP contribution is 2.38. The summed E-state index contributed by atoms with van der Waals surface area (Å²) in [5.74, 6) is 0.682. The number of nitrogens with one attached hydrogen (secondary N) is 2. The second-order valence-electron chi connectivity index (χ2n) is 14.4. The van der Waals surface area contributed by atoms with Crippen LogP contribution in [0, 0.1) is 5.82 Å². The van der Waals surface area contributed by atoms with E-state index in [0.717, 1.165) is 103 Å². The predicted molar refractivity (Wildman–Crippen MR) is 203 cm³/mol. The molecular weight excluding hydrogens is 688 g/mol. The molecule has 0 saturated carbocycles. The van der Waals surface area contributed by atoms with Crippen LogP contribution < -0.4 is 25.3 Å². The lowest BCUT2D eigenvalue weighted by atomic mass is 10.0. The minimum absolute atomic E-state index is 0.0658.